The summed E-state index contributed by atoms with van der Waals surface area (Å²) in [5, 5.41) is 10.5. The van der Waals surface area contributed by atoms with Crippen LogP contribution in [0.3, 0.4) is 0 Å². The summed E-state index contributed by atoms with van der Waals surface area (Å²) in [6, 6.07) is 17.9. The lowest BCUT2D eigenvalue weighted by atomic mass is 9.94. The Hall–Kier alpha value is -2.49. The average molecular weight is 440 g/mol. The molecule has 0 unspecified atom stereocenters. The predicted octanol–water partition coefficient (Wildman–Crippen LogP) is 7.31. The van der Waals surface area contributed by atoms with Crippen LogP contribution in [0.4, 0.5) is 0 Å². The van der Waals surface area contributed by atoms with Crippen LogP contribution in [-0.4, -0.2) is 36.2 Å². The molecule has 0 aliphatic carbocycles. The summed E-state index contributed by atoms with van der Waals surface area (Å²) in [5.41, 5.74) is 3.63. The summed E-state index contributed by atoms with van der Waals surface area (Å²) in [5.74, 6) is 1.07. The molecule has 0 aromatic heterocycles. The van der Waals surface area contributed by atoms with Gasteiger partial charge in [0.15, 0.2) is 0 Å². The molecule has 0 spiro atoms. The lowest BCUT2D eigenvalue weighted by Crippen LogP contribution is -2.28. The molecule has 166 valence electrons. The molecule has 0 saturated heterocycles. The van der Waals surface area contributed by atoms with Gasteiger partial charge >= 0.3 is 0 Å². The van der Waals surface area contributed by atoms with Crippen molar-refractivity contribution >= 4 is 22.2 Å². The van der Waals surface area contributed by atoms with Crippen LogP contribution in [0.15, 0.2) is 78.1 Å². The smallest absolute Gasteiger partial charge is 0.119 e. The van der Waals surface area contributed by atoms with Crippen LogP contribution in [0.5, 0.6) is 5.75 Å². The number of hydrogen-bond donors (Lipinski definition) is 1. The second-order valence-electron chi connectivity index (χ2n) is 7.39. The number of aliphatic hydroxyl groups is 1. The quantitative estimate of drug-likeness (QED) is 0.226. The van der Waals surface area contributed by atoms with E-state index in [1.54, 1.807) is 13.0 Å². The first-order chi connectivity index (χ1) is 15.0. The van der Waals surface area contributed by atoms with E-state index in [-0.39, 0.29) is 5.76 Å². The third-order valence-electron chi connectivity index (χ3n) is 5.02. The van der Waals surface area contributed by atoms with Crippen LogP contribution in [0.25, 0.3) is 10.6 Å². The van der Waals surface area contributed by atoms with Crippen LogP contribution < -0.4 is 4.74 Å². The van der Waals surface area contributed by atoms with E-state index >= 15 is 0 Å². The molecule has 0 radical (unpaired) electrons. The van der Waals surface area contributed by atoms with E-state index in [2.05, 4.69) is 18.7 Å². The number of ether oxygens (including phenoxy) is 1. The third kappa shape index (κ3) is 7.61. The molecule has 2 aromatic carbocycles. The highest BCUT2D eigenvalue weighted by atomic mass is 35.5. The van der Waals surface area contributed by atoms with Crippen LogP contribution in [0.1, 0.15) is 45.2 Å². The normalized spacial score (nSPS) is 13.4. The van der Waals surface area contributed by atoms with Gasteiger partial charge in [-0.2, -0.15) is 0 Å². The minimum absolute atomic E-state index is 0.232. The molecule has 1 N–H and O–H groups in total. The molecule has 0 fully saturated rings. The van der Waals surface area contributed by atoms with Gasteiger partial charge in [-0.1, -0.05) is 74.0 Å². The first-order valence-corrected chi connectivity index (χ1v) is 11.3. The fourth-order valence-electron chi connectivity index (χ4n) is 3.43. The fraction of sp³-hybridized carbons (Fsp3) is 0.333. The third-order valence-corrected chi connectivity index (χ3v) is 5.42. The lowest BCUT2D eigenvalue weighted by Gasteiger charge is -2.19. The molecule has 31 heavy (non-hydrogen) atoms. The molecule has 0 amide bonds. The summed E-state index contributed by atoms with van der Waals surface area (Å²) in [7, 11) is 0. The number of nitrogens with zero attached hydrogens (tertiary/aromatic N) is 1. The van der Waals surface area contributed by atoms with E-state index < -0.39 is 0 Å². The highest BCUT2D eigenvalue weighted by molar-refractivity contribution is 6.53. The number of rotatable bonds is 11. The van der Waals surface area contributed by atoms with Gasteiger partial charge in [-0.25, -0.2) is 0 Å². The Morgan fingerprint density at radius 1 is 1.00 bits per heavy atom. The van der Waals surface area contributed by atoms with E-state index in [4.69, 9.17) is 16.3 Å². The Kier molecular flexibility index (Phi) is 10.4. The Labute approximate surface area is 192 Å². The van der Waals surface area contributed by atoms with Crippen molar-refractivity contribution in [3.8, 4) is 5.75 Å². The van der Waals surface area contributed by atoms with Gasteiger partial charge in [0.2, 0.25) is 0 Å². The van der Waals surface area contributed by atoms with Crippen molar-refractivity contribution < 1.29 is 9.84 Å². The highest BCUT2D eigenvalue weighted by Gasteiger charge is 2.14. The standard InChI is InChI=1S/C27H34ClNO2/c1-5-17-29(7-3)18-19-31-25-15-13-23(14-16-25)26(22(6-2)20-21(4)30)27(28)24-11-9-8-10-12-24/h6,8-16,20,30H,5,7,17-19H2,1-4H3/b21-20+,22-6+,27-26+. The summed E-state index contributed by atoms with van der Waals surface area (Å²) >= 11 is 6.86. The lowest BCUT2D eigenvalue weighted by molar-refractivity contribution is 0.216. The molecule has 0 aliphatic heterocycles. The monoisotopic (exact) mass is 439 g/mol. The number of benzene rings is 2. The summed E-state index contributed by atoms with van der Waals surface area (Å²) in [6.45, 7) is 11.7. The Morgan fingerprint density at radius 3 is 2.23 bits per heavy atom. The average Bonchev–Trinajstić information content (AvgIpc) is 2.79. The zero-order valence-corrected chi connectivity index (χ0v) is 19.8. The van der Waals surface area contributed by atoms with Crippen molar-refractivity contribution in [3.63, 3.8) is 0 Å². The van der Waals surface area contributed by atoms with Crippen molar-refractivity contribution in [2.24, 2.45) is 0 Å². The Bertz CT molecular complexity index is 895. The topological polar surface area (TPSA) is 32.7 Å². The van der Waals surface area contributed by atoms with E-state index in [1.165, 1.54) is 0 Å². The van der Waals surface area contributed by atoms with Gasteiger partial charge in [-0.3, -0.25) is 0 Å². The van der Waals surface area contributed by atoms with E-state index in [9.17, 15) is 5.11 Å². The maximum atomic E-state index is 9.88. The van der Waals surface area contributed by atoms with Gasteiger partial charge in [0.1, 0.15) is 12.4 Å². The van der Waals surface area contributed by atoms with E-state index in [0.29, 0.717) is 11.6 Å². The molecule has 2 rings (SSSR count). The molecule has 0 aliphatic rings. The second kappa shape index (κ2) is 13.0. The second-order valence-corrected chi connectivity index (χ2v) is 7.77. The number of halogens is 1. The van der Waals surface area contributed by atoms with Gasteiger partial charge in [-0.15, -0.1) is 0 Å². The number of aliphatic hydroxyl groups excluding tert-OH is 1. The first-order valence-electron chi connectivity index (χ1n) is 10.9. The SMILES string of the molecule is C/C=C(\C=C(/C)O)C(=C(\Cl)c1ccccc1)/c1ccc(OCCN(CC)CCC)cc1. The fourth-order valence-corrected chi connectivity index (χ4v) is 3.77. The predicted molar refractivity (Wildman–Crippen MR) is 134 cm³/mol. The molecular formula is C27H34ClNO2. The van der Waals surface area contributed by atoms with Crippen LogP contribution >= 0.6 is 11.6 Å². The summed E-state index contributed by atoms with van der Waals surface area (Å²) in [6.07, 6.45) is 4.84. The Balaban J connectivity index is 2.30. The summed E-state index contributed by atoms with van der Waals surface area (Å²) in [4.78, 5) is 2.39. The maximum absolute atomic E-state index is 9.88. The Morgan fingerprint density at radius 2 is 1.68 bits per heavy atom. The number of hydrogen-bond acceptors (Lipinski definition) is 3. The van der Waals surface area contributed by atoms with Crippen molar-refractivity contribution in [1.82, 2.24) is 4.90 Å². The van der Waals surface area contributed by atoms with E-state index in [1.807, 2.05) is 67.6 Å². The molecule has 0 saturated carbocycles. The highest BCUT2D eigenvalue weighted by Crippen LogP contribution is 2.36. The molecule has 0 atom stereocenters. The molecule has 2 aromatic rings. The molecular weight excluding hydrogens is 406 g/mol. The molecule has 0 bridgehead atoms. The van der Waals surface area contributed by atoms with Gasteiger partial charge in [0, 0.05) is 12.1 Å². The molecule has 3 nitrogen and oxygen atoms in total. The largest absolute Gasteiger partial charge is 0.513 e. The van der Waals surface area contributed by atoms with Gasteiger partial charge in [-0.05, 0) is 68.3 Å². The van der Waals surface area contributed by atoms with Crippen LogP contribution in [0.2, 0.25) is 0 Å². The van der Waals surface area contributed by atoms with Crippen molar-refractivity contribution in [1.29, 1.82) is 0 Å². The van der Waals surface area contributed by atoms with Crippen molar-refractivity contribution in [2.45, 2.75) is 34.1 Å². The number of likely N-dealkylation sites (N-methyl/N-ethyl adjacent to an activating group) is 1. The number of allylic oxidation sites excluding steroid dienone is 5. The van der Waals surface area contributed by atoms with Crippen molar-refractivity contribution in [2.75, 3.05) is 26.2 Å². The van der Waals surface area contributed by atoms with Crippen molar-refractivity contribution in [3.05, 3.63) is 89.2 Å². The van der Waals surface area contributed by atoms with Gasteiger partial charge < -0.3 is 14.7 Å². The minimum atomic E-state index is 0.232. The molecule has 0 heterocycles. The zero-order chi connectivity index (χ0) is 22.6. The zero-order valence-electron chi connectivity index (χ0n) is 19.1. The van der Waals surface area contributed by atoms with E-state index in [0.717, 1.165) is 54.1 Å². The maximum Gasteiger partial charge on any atom is 0.119 e. The van der Waals surface area contributed by atoms with Gasteiger partial charge in [0.25, 0.3) is 0 Å². The van der Waals surface area contributed by atoms with Crippen LogP contribution in [-0.2, 0) is 0 Å². The first kappa shape index (κ1) is 24.8. The van der Waals surface area contributed by atoms with Crippen LogP contribution in [0, 0.1) is 0 Å². The minimum Gasteiger partial charge on any atom is -0.513 e. The summed E-state index contributed by atoms with van der Waals surface area (Å²) < 4.78 is 5.96. The van der Waals surface area contributed by atoms with Gasteiger partial charge in [0.05, 0.1) is 10.8 Å². The molecule has 4 heteroatoms.